The second kappa shape index (κ2) is 17.1. The second-order valence-corrected chi connectivity index (χ2v) is 19.3. The van der Waals surface area contributed by atoms with Gasteiger partial charge in [0, 0.05) is 19.5 Å². The Bertz CT molecular complexity index is 2340. The number of hydrogen-bond donors (Lipinski definition) is 0. The zero-order chi connectivity index (χ0) is 39.7. The lowest BCUT2D eigenvalue weighted by Crippen LogP contribution is -2.54. The summed E-state index contributed by atoms with van der Waals surface area (Å²) < 4.78 is 2.81. The van der Waals surface area contributed by atoms with E-state index in [1.807, 2.05) is 34.0 Å². The zero-order valence-corrected chi connectivity index (χ0v) is 37.7. The summed E-state index contributed by atoms with van der Waals surface area (Å²) >= 11 is 5.84. The fourth-order valence-corrected chi connectivity index (χ4v) is 12.3. The van der Waals surface area contributed by atoms with Gasteiger partial charge in [0.2, 0.25) is 0 Å². The molecule has 0 spiro atoms. The number of hydrogen-bond acceptors (Lipinski definition) is 3. The molecule has 55 heavy (non-hydrogen) atoms. The van der Waals surface area contributed by atoms with Crippen molar-refractivity contribution in [3.8, 4) is 19.5 Å². The molecule has 7 rings (SSSR count). The van der Waals surface area contributed by atoms with Gasteiger partial charge < -0.3 is 0 Å². The molecule has 0 aliphatic heterocycles. The summed E-state index contributed by atoms with van der Waals surface area (Å²) in [5.74, 6) is 0. The molecule has 0 amide bonds. The minimum absolute atomic E-state index is 0.204. The van der Waals surface area contributed by atoms with Gasteiger partial charge in [-0.15, -0.1) is 34.0 Å². The first-order valence-electron chi connectivity index (χ1n) is 19.8. The monoisotopic (exact) mass is 774 g/mol. The van der Waals surface area contributed by atoms with E-state index in [2.05, 4.69) is 181 Å². The average molecular weight is 775 g/mol. The number of rotatable bonds is 8. The Balaban J connectivity index is 0.00000166. The highest BCUT2D eigenvalue weighted by atomic mass is 32.1. The van der Waals surface area contributed by atoms with E-state index in [0.29, 0.717) is 0 Å². The third-order valence-corrected chi connectivity index (χ3v) is 14.5. The highest BCUT2D eigenvalue weighted by Crippen LogP contribution is 2.38. The van der Waals surface area contributed by atoms with Crippen LogP contribution in [0.5, 0.6) is 0 Å². The Labute approximate surface area is 344 Å². The third kappa shape index (κ3) is 8.60. The molecule has 0 aliphatic carbocycles. The van der Waals surface area contributed by atoms with Crippen molar-refractivity contribution in [2.24, 2.45) is 0 Å². The molecule has 0 saturated heterocycles. The normalized spacial score (nSPS) is 11.1. The van der Waals surface area contributed by atoms with Gasteiger partial charge in [0.05, 0.1) is 0 Å². The van der Waals surface area contributed by atoms with E-state index in [9.17, 15) is 0 Å². The molecule has 0 N–H and O–H groups in total. The van der Waals surface area contributed by atoms with Gasteiger partial charge in [-0.3, -0.25) is 0 Å². The lowest BCUT2D eigenvalue weighted by Gasteiger charge is -2.23. The van der Waals surface area contributed by atoms with Gasteiger partial charge in [-0.05, 0) is 110 Å². The molecule has 5 heteroatoms. The lowest BCUT2D eigenvalue weighted by molar-refractivity contribution is 1.09. The quantitative estimate of drug-likeness (QED) is 0.135. The van der Waals surface area contributed by atoms with Crippen molar-refractivity contribution in [1.29, 1.82) is 0 Å². The predicted octanol–water partition coefficient (Wildman–Crippen LogP) is 11.0. The summed E-state index contributed by atoms with van der Waals surface area (Å²) in [4.78, 5) is 5.36. The Kier molecular flexibility index (Phi) is 12.7. The molecule has 0 fully saturated rings. The fraction of sp³-hybridized carbons (Fsp3) is 0.280. The summed E-state index contributed by atoms with van der Waals surface area (Å²) in [5.41, 5.74) is 20.6. The Morgan fingerprint density at radius 1 is 0.345 bits per heavy atom. The molecule has 280 valence electrons. The van der Waals surface area contributed by atoms with Crippen LogP contribution in [0.15, 0.2) is 91.0 Å². The molecule has 0 bridgehead atoms. The van der Waals surface area contributed by atoms with Crippen LogP contribution in [0.3, 0.4) is 0 Å². The summed E-state index contributed by atoms with van der Waals surface area (Å²) in [7, 11) is 0. The van der Waals surface area contributed by atoms with Crippen LogP contribution >= 0.6 is 34.0 Å². The maximum absolute atomic E-state index is 2.39. The summed E-state index contributed by atoms with van der Waals surface area (Å²) in [6, 6.07) is 35.3. The topological polar surface area (TPSA) is 0 Å². The molecule has 0 saturated carbocycles. The molecule has 0 unspecified atom stereocenters. The minimum atomic E-state index is 0.204. The first-order valence-corrected chi connectivity index (χ1v) is 22.3. The van der Waals surface area contributed by atoms with E-state index in [0.717, 1.165) is 0 Å². The molecule has 0 radical (unpaired) electrons. The average Bonchev–Trinajstić information content (AvgIpc) is 3.87. The van der Waals surface area contributed by atoms with Crippen LogP contribution in [0.2, 0.25) is 0 Å². The van der Waals surface area contributed by atoms with E-state index >= 15 is 0 Å². The van der Waals surface area contributed by atoms with Crippen molar-refractivity contribution in [2.75, 3.05) is 0 Å². The summed E-state index contributed by atoms with van der Waals surface area (Å²) in [5, 5.41) is 0. The summed E-state index contributed by atoms with van der Waals surface area (Å²) in [6.45, 7) is 29.5. The van der Waals surface area contributed by atoms with Crippen molar-refractivity contribution in [2.45, 2.75) is 96.4 Å². The van der Waals surface area contributed by atoms with Gasteiger partial charge in [-0.2, -0.15) is 0 Å². The van der Waals surface area contributed by atoms with E-state index in [1.165, 1.54) is 119 Å². The van der Waals surface area contributed by atoms with E-state index in [-0.39, 0.29) is 13.4 Å². The molecule has 3 aromatic heterocycles. The van der Waals surface area contributed by atoms with Crippen molar-refractivity contribution in [3.05, 3.63) is 152 Å². The number of benzene rings is 4. The second-order valence-electron chi connectivity index (χ2n) is 15.9. The highest BCUT2D eigenvalue weighted by molar-refractivity contribution is 7.34. The molecule has 0 atom stereocenters. The molecular formula is C50H56B2S3. The van der Waals surface area contributed by atoms with Gasteiger partial charge >= 0.3 is 0 Å². The van der Waals surface area contributed by atoms with Crippen LogP contribution in [0.1, 0.15) is 81.5 Å². The van der Waals surface area contributed by atoms with Gasteiger partial charge in [-0.25, -0.2) is 0 Å². The van der Waals surface area contributed by atoms with Crippen LogP contribution in [0.25, 0.3) is 19.5 Å². The Morgan fingerprint density at radius 2 is 0.655 bits per heavy atom. The Hall–Kier alpha value is -3.89. The van der Waals surface area contributed by atoms with Gasteiger partial charge in [-0.1, -0.05) is 170 Å². The van der Waals surface area contributed by atoms with E-state index < -0.39 is 0 Å². The van der Waals surface area contributed by atoms with Crippen LogP contribution in [-0.2, 0) is 0 Å². The molecule has 3 heterocycles. The van der Waals surface area contributed by atoms with Crippen LogP contribution in [0, 0.1) is 76.2 Å². The summed E-state index contributed by atoms with van der Waals surface area (Å²) in [6.07, 6.45) is 1.25. The van der Waals surface area contributed by atoms with E-state index in [1.54, 1.807) is 0 Å². The van der Waals surface area contributed by atoms with Crippen LogP contribution < -0.4 is 31.4 Å². The third-order valence-electron chi connectivity index (χ3n) is 10.7. The molecule has 7 aromatic rings. The van der Waals surface area contributed by atoms with Crippen LogP contribution in [0.4, 0.5) is 0 Å². The number of aryl methyl sites for hydroxylation is 11. The van der Waals surface area contributed by atoms with Gasteiger partial charge in [0.15, 0.2) is 0 Å². The fourth-order valence-electron chi connectivity index (χ4n) is 8.85. The predicted molar refractivity (Wildman–Crippen MR) is 254 cm³/mol. The maximum atomic E-state index is 2.39. The molecule has 0 aliphatic rings. The Morgan fingerprint density at radius 3 is 1.04 bits per heavy atom. The smallest absolute Gasteiger partial charge is 0.148 e. The van der Waals surface area contributed by atoms with Gasteiger partial charge in [0.25, 0.3) is 13.4 Å². The lowest BCUT2D eigenvalue weighted by atomic mass is 9.37. The minimum Gasteiger partial charge on any atom is -0.148 e. The van der Waals surface area contributed by atoms with Crippen molar-refractivity contribution < 1.29 is 0 Å². The van der Waals surface area contributed by atoms with Gasteiger partial charge in [0.1, 0.15) is 0 Å². The van der Waals surface area contributed by atoms with Crippen molar-refractivity contribution >= 4 is 78.8 Å². The zero-order valence-electron chi connectivity index (χ0n) is 35.2. The SMILES string of the molecule is CCC.Cc1ccc(B(c2ccc(-c3ccc(-c4ccc(B(c5c(C)cc(C)cc5C)c5c(C)cc(C)cc5C)s4)s3)s2)c2c(C)cc(C)cc2C)c(C)c1. The molecule has 4 aromatic carbocycles. The first kappa shape index (κ1) is 40.8. The standard InChI is InChI=1S/C47H48B2S3.C3H8/c1-27-12-13-38(31(5)20-27)48(45-32(6)21-28(2)22-33(45)7)43-18-16-41(51-43)39-14-15-40(50-39)42-17-19-44(52-42)49(46-34(8)23-29(3)24-35(46)9)47-36(10)25-30(4)26-37(47)11;1-3-2/h12-26H,1-11H3;3H2,1-2H3. The largest absolute Gasteiger partial charge is 0.255 e. The number of thiophene rings is 3. The first-order chi connectivity index (χ1) is 26.2. The highest BCUT2D eigenvalue weighted by Gasteiger charge is 2.31. The maximum Gasteiger partial charge on any atom is 0.255 e. The molecule has 0 nitrogen and oxygen atoms in total. The van der Waals surface area contributed by atoms with E-state index in [4.69, 9.17) is 0 Å². The van der Waals surface area contributed by atoms with Crippen molar-refractivity contribution in [3.63, 3.8) is 0 Å². The van der Waals surface area contributed by atoms with Crippen LogP contribution in [-0.4, -0.2) is 13.4 Å². The van der Waals surface area contributed by atoms with Crippen molar-refractivity contribution in [1.82, 2.24) is 0 Å². The molecular weight excluding hydrogens is 718 g/mol.